The molecule has 1 amide bonds. The van der Waals surface area contributed by atoms with Crippen LogP contribution < -0.4 is 10.1 Å². The molecule has 3 aromatic rings. The summed E-state index contributed by atoms with van der Waals surface area (Å²) in [6, 6.07) is 14.8. The molecule has 1 aromatic heterocycles. The van der Waals surface area contributed by atoms with Crippen LogP contribution in [-0.4, -0.2) is 36.1 Å². The number of nitrogens with one attached hydrogen (secondary N) is 1. The largest absolute Gasteiger partial charge is 0.486 e. The van der Waals surface area contributed by atoms with Crippen LogP contribution in [0.4, 0.5) is 0 Å². The number of amides is 1. The molecule has 4 rings (SSSR count). The lowest BCUT2D eigenvalue weighted by Gasteiger charge is -2.11. The van der Waals surface area contributed by atoms with E-state index >= 15 is 0 Å². The summed E-state index contributed by atoms with van der Waals surface area (Å²) >= 11 is 6.49. The number of hydrogen-bond donors (Lipinski definition) is 1. The van der Waals surface area contributed by atoms with Gasteiger partial charge in [-0.25, -0.2) is 4.79 Å². The molecule has 0 spiro atoms. The van der Waals surface area contributed by atoms with Crippen molar-refractivity contribution in [3.63, 3.8) is 0 Å². The van der Waals surface area contributed by atoms with Crippen LogP contribution in [-0.2, 0) is 16.0 Å². The van der Waals surface area contributed by atoms with Crippen molar-refractivity contribution in [3.05, 3.63) is 88.7 Å². The highest BCUT2D eigenvalue weighted by Crippen LogP contribution is 2.39. The van der Waals surface area contributed by atoms with Gasteiger partial charge in [0.15, 0.2) is 0 Å². The average molecular weight is 463 g/mol. The maximum Gasteiger partial charge on any atom is 0.338 e. The minimum atomic E-state index is -0.343. The van der Waals surface area contributed by atoms with Gasteiger partial charge in [-0.2, -0.15) is 0 Å². The second kappa shape index (κ2) is 10.3. The van der Waals surface area contributed by atoms with Crippen LogP contribution in [0.1, 0.15) is 28.4 Å². The van der Waals surface area contributed by atoms with E-state index in [1.54, 1.807) is 37.5 Å². The number of carbonyl (C=O) groups excluding carboxylic acids is 2. The summed E-state index contributed by atoms with van der Waals surface area (Å²) in [6.07, 6.45) is 6.99. The topological polar surface area (TPSA) is 77.5 Å². The molecule has 6 nitrogen and oxygen atoms in total. The number of rotatable bonds is 7. The summed E-state index contributed by atoms with van der Waals surface area (Å²) in [7, 11) is 0. The molecule has 0 fully saturated rings. The molecular weight excluding hydrogens is 440 g/mol. The second-order valence-corrected chi connectivity index (χ2v) is 7.96. The van der Waals surface area contributed by atoms with E-state index in [9.17, 15) is 9.59 Å². The lowest BCUT2D eigenvalue weighted by Crippen LogP contribution is -2.33. The van der Waals surface area contributed by atoms with Gasteiger partial charge in [0.1, 0.15) is 11.9 Å². The Bertz CT molecular complexity index is 1180. The maximum absolute atomic E-state index is 12.1. The van der Waals surface area contributed by atoms with Gasteiger partial charge in [-0.1, -0.05) is 29.8 Å². The normalized spacial score (nSPS) is 14.5. The van der Waals surface area contributed by atoms with Gasteiger partial charge < -0.3 is 14.8 Å². The Labute approximate surface area is 197 Å². The number of esters is 1. The van der Waals surface area contributed by atoms with E-state index in [0.717, 1.165) is 22.3 Å². The Morgan fingerprint density at radius 2 is 2.03 bits per heavy atom. The molecule has 7 heteroatoms. The van der Waals surface area contributed by atoms with Gasteiger partial charge in [0.05, 0.1) is 23.7 Å². The number of hydrogen-bond acceptors (Lipinski definition) is 5. The molecular formula is C26H23ClN2O4. The Balaban J connectivity index is 1.38. The Morgan fingerprint density at radius 3 is 2.76 bits per heavy atom. The predicted octanol–water partition coefficient (Wildman–Crippen LogP) is 4.71. The summed E-state index contributed by atoms with van der Waals surface area (Å²) in [5.41, 5.74) is 4.21. The van der Waals surface area contributed by atoms with Crippen LogP contribution in [0.3, 0.4) is 0 Å². The molecule has 0 saturated heterocycles. The van der Waals surface area contributed by atoms with Crippen LogP contribution >= 0.6 is 11.6 Å². The number of benzene rings is 2. The standard InChI is InChI=1S/C26H23ClN2O4/c1-2-32-26(31)19-8-6-18(7-9-19)20-12-21-13-22(33-25(21)23(27)14-20)16-29-24(30)10-5-17-4-3-11-28-15-17/h3-12,14-15,22H,2,13,16H2,1H3,(H,29,30). The van der Waals surface area contributed by atoms with E-state index in [4.69, 9.17) is 21.1 Å². The zero-order valence-corrected chi connectivity index (χ0v) is 18.8. The number of pyridine rings is 1. The van der Waals surface area contributed by atoms with Crippen LogP contribution in [0.15, 0.2) is 67.0 Å². The maximum atomic E-state index is 12.1. The Kier molecular flexibility index (Phi) is 7.05. The van der Waals surface area contributed by atoms with Gasteiger partial charge in [0.25, 0.3) is 0 Å². The molecule has 1 aliphatic rings. The molecule has 0 bridgehead atoms. The summed E-state index contributed by atoms with van der Waals surface area (Å²) in [6.45, 7) is 2.48. The van der Waals surface area contributed by atoms with Gasteiger partial charge in [0.2, 0.25) is 5.91 Å². The van der Waals surface area contributed by atoms with Crippen molar-refractivity contribution >= 4 is 29.6 Å². The fraction of sp³-hybridized carbons (Fsp3) is 0.192. The van der Waals surface area contributed by atoms with Gasteiger partial charge in [0, 0.05) is 30.5 Å². The molecule has 33 heavy (non-hydrogen) atoms. The number of fused-ring (bicyclic) bond motifs is 1. The van der Waals surface area contributed by atoms with Gasteiger partial charge >= 0.3 is 5.97 Å². The minimum Gasteiger partial charge on any atom is -0.486 e. The van der Waals surface area contributed by atoms with E-state index < -0.39 is 0 Å². The fourth-order valence-corrected chi connectivity index (χ4v) is 3.88. The molecule has 1 atom stereocenters. The first-order valence-electron chi connectivity index (χ1n) is 10.7. The summed E-state index contributed by atoms with van der Waals surface area (Å²) in [5, 5.41) is 3.38. The van der Waals surface area contributed by atoms with E-state index in [1.807, 2.05) is 36.4 Å². The number of aromatic nitrogens is 1. The minimum absolute atomic E-state index is 0.199. The van der Waals surface area contributed by atoms with Gasteiger partial charge in [-0.05, 0) is 60.0 Å². The highest BCUT2D eigenvalue weighted by atomic mass is 35.5. The van der Waals surface area contributed by atoms with Crippen LogP contribution in [0.2, 0.25) is 5.02 Å². The van der Waals surface area contributed by atoms with E-state index in [2.05, 4.69) is 10.3 Å². The predicted molar refractivity (Wildman–Crippen MR) is 127 cm³/mol. The number of carbonyl (C=O) groups is 2. The quantitative estimate of drug-likeness (QED) is 0.406. The van der Waals surface area contributed by atoms with Crippen LogP contribution in [0, 0.1) is 0 Å². The van der Waals surface area contributed by atoms with Crippen molar-refractivity contribution in [3.8, 4) is 16.9 Å². The van der Waals surface area contributed by atoms with E-state index in [1.165, 1.54) is 6.08 Å². The first kappa shape index (κ1) is 22.6. The zero-order chi connectivity index (χ0) is 23.2. The average Bonchev–Trinajstić information content (AvgIpc) is 3.26. The van der Waals surface area contributed by atoms with Crippen molar-refractivity contribution in [1.82, 2.24) is 10.3 Å². The lowest BCUT2D eigenvalue weighted by atomic mass is 10.00. The first-order valence-corrected chi connectivity index (χ1v) is 11.0. The smallest absolute Gasteiger partial charge is 0.338 e. The molecule has 0 aliphatic carbocycles. The number of nitrogens with zero attached hydrogens (tertiary/aromatic N) is 1. The first-order chi connectivity index (χ1) is 16.0. The molecule has 1 unspecified atom stereocenters. The second-order valence-electron chi connectivity index (χ2n) is 7.55. The fourth-order valence-electron chi connectivity index (χ4n) is 3.60. The van der Waals surface area contributed by atoms with Gasteiger partial charge in [-0.3, -0.25) is 9.78 Å². The molecule has 168 valence electrons. The van der Waals surface area contributed by atoms with Crippen LogP contribution in [0.25, 0.3) is 17.2 Å². The highest BCUT2D eigenvalue weighted by molar-refractivity contribution is 6.32. The summed E-state index contributed by atoms with van der Waals surface area (Å²) in [5.74, 6) is 0.102. The van der Waals surface area contributed by atoms with Gasteiger partial charge in [-0.15, -0.1) is 0 Å². The SMILES string of the molecule is CCOC(=O)c1ccc(-c2cc(Cl)c3c(c2)CC(CNC(=O)C=Cc2cccnc2)O3)cc1. The van der Waals surface area contributed by atoms with Crippen molar-refractivity contribution in [1.29, 1.82) is 0 Å². The Morgan fingerprint density at radius 1 is 1.21 bits per heavy atom. The van der Waals surface area contributed by atoms with Crippen LogP contribution in [0.5, 0.6) is 5.75 Å². The molecule has 1 N–H and O–H groups in total. The summed E-state index contributed by atoms with van der Waals surface area (Å²) in [4.78, 5) is 28.0. The highest BCUT2D eigenvalue weighted by Gasteiger charge is 2.26. The molecule has 2 aromatic carbocycles. The third-order valence-corrected chi connectivity index (χ3v) is 5.48. The number of halogens is 1. The molecule has 0 saturated carbocycles. The molecule has 1 aliphatic heterocycles. The third-order valence-electron chi connectivity index (χ3n) is 5.20. The number of ether oxygens (including phenoxy) is 2. The zero-order valence-electron chi connectivity index (χ0n) is 18.1. The lowest BCUT2D eigenvalue weighted by molar-refractivity contribution is -0.116. The van der Waals surface area contributed by atoms with Crippen molar-refractivity contribution in [2.45, 2.75) is 19.4 Å². The monoisotopic (exact) mass is 462 g/mol. The van der Waals surface area contributed by atoms with E-state index in [0.29, 0.717) is 35.9 Å². The molecule has 0 radical (unpaired) electrons. The van der Waals surface area contributed by atoms with Crippen molar-refractivity contribution in [2.24, 2.45) is 0 Å². The van der Waals surface area contributed by atoms with Crippen molar-refractivity contribution < 1.29 is 19.1 Å². The van der Waals surface area contributed by atoms with E-state index in [-0.39, 0.29) is 18.0 Å². The van der Waals surface area contributed by atoms with Crippen molar-refractivity contribution in [2.75, 3.05) is 13.2 Å². The third kappa shape index (κ3) is 5.59. The Hall–Kier alpha value is -3.64. The summed E-state index contributed by atoms with van der Waals surface area (Å²) < 4.78 is 11.0. The molecule has 2 heterocycles.